The average Bonchev–Trinajstić information content (AvgIpc) is 2.18. The second-order valence-corrected chi connectivity index (χ2v) is 3.46. The molecule has 1 aromatic carbocycles. The molecule has 0 heterocycles. The molecule has 5 heteroatoms. The van der Waals surface area contributed by atoms with Crippen LogP contribution in [0.3, 0.4) is 0 Å². The zero-order valence-electron chi connectivity index (χ0n) is 8.61. The van der Waals surface area contributed by atoms with Crippen LogP contribution in [0.4, 0.5) is 4.39 Å². The van der Waals surface area contributed by atoms with Gasteiger partial charge in [0, 0.05) is 6.42 Å². The fourth-order valence-corrected chi connectivity index (χ4v) is 1.38. The van der Waals surface area contributed by atoms with Crippen molar-refractivity contribution >= 4 is 11.8 Å². The molecular formula is C11H11FO4. The van der Waals surface area contributed by atoms with Crippen LogP contribution in [0, 0.1) is 5.82 Å². The Bertz CT molecular complexity index is 428. The quantitative estimate of drug-likeness (QED) is 0.805. The van der Waals surface area contributed by atoms with Gasteiger partial charge in [0.25, 0.3) is 0 Å². The van der Waals surface area contributed by atoms with Gasteiger partial charge in [0.15, 0.2) is 6.10 Å². The lowest BCUT2D eigenvalue weighted by molar-refractivity contribution is -0.147. The molecule has 4 nitrogen and oxygen atoms in total. The summed E-state index contributed by atoms with van der Waals surface area (Å²) in [4.78, 5) is 21.5. The number of halogens is 1. The summed E-state index contributed by atoms with van der Waals surface area (Å²) < 4.78 is 12.9. The van der Waals surface area contributed by atoms with Crippen molar-refractivity contribution in [3.8, 4) is 0 Å². The minimum atomic E-state index is -1.81. The summed E-state index contributed by atoms with van der Waals surface area (Å²) in [7, 11) is 0. The third-order valence-corrected chi connectivity index (χ3v) is 2.08. The van der Waals surface area contributed by atoms with Gasteiger partial charge in [-0.05, 0) is 30.2 Å². The van der Waals surface area contributed by atoms with E-state index in [0.29, 0.717) is 5.56 Å². The Hall–Kier alpha value is -1.75. The predicted molar refractivity (Wildman–Crippen MR) is 53.4 cm³/mol. The number of carboxylic acid groups (broad SMARTS) is 1. The van der Waals surface area contributed by atoms with Crippen LogP contribution in [0.5, 0.6) is 0 Å². The fourth-order valence-electron chi connectivity index (χ4n) is 1.38. The third kappa shape index (κ3) is 2.87. The van der Waals surface area contributed by atoms with Gasteiger partial charge in [-0.25, -0.2) is 9.18 Å². The predicted octanol–water partition coefficient (Wildman–Crippen LogP) is 1.08. The lowest BCUT2D eigenvalue weighted by Crippen LogP contribution is -2.14. The van der Waals surface area contributed by atoms with Gasteiger partial charge in [0.2, 0.25) is 0 Å². The molecule has 0 aliphatic rings. The van der Waals surface area contributed by atoms with E-state index in [1.807, 2.05) is 0 Å². The van der Waals surface area contributed by atoms with Crippen molar-refractivity contribution < 1.29 is 24.2 Å². The van der Waals surface area contributed by atoms with Gasteiger partial charge in [-0.15, -0.1) is 0 Å². The van der Waals surface area contributed by atoms with Crippen LogP contribution in [0.2, 0.25) is 0 Å². The van der Waals surface area contributed by atoms with Crippen LogP contribution in [-0.4, -0.2) is 22.0 Å². The molecule has 1 unspecified atom stereocenters. The van der Waals surface area contributed by atoms with Gasteiger partial charge >= 0.3 is 5.97 Å². The number of hydrogen-bond donors (Lipinski definition) is 2. The first kappa shape index (κ1) is 12.3. The van der Waals surface area contributed by atoms with Crippen LogP contribution >= 0.6 is 0 Å². The van der Waals surface area contributed by atoms with Gasteiger partial charge in [-0.1, -0.05) is 6.07 Å². The molecule has 0 aromatic heterocycles. The molecular weight excluding hydrogens is 215 g/mol. The van der Waals surface area contributed by atoms with E-state index in [9.17, 15) is 19.1 Å². The maximum Gasteiger partial charge on any atom is 0.337 e. The highest BCUT2D eigenvalue weighted by atomic mass is 19.1. The van der Waals surface area contributed by atoms with Gasteiger partial charge in [0.1, 0.15) is 11.6 Å². The summed E-state index contributed by atoms with van der Waals surface area (Å²) in [5.41, 5.74) is 0.242. The minimum absolute atomic E-state index is 0.0278. The number of ketones is 1. The monoisotopic (exact) mass is 226 g/mol. The fraction of sp³-hybridized carbons (Fsp3) is 0.273. The lowest BCUT2D eigenvalue weighted by atomic mass is 9.98. The minimum Gasteiger partial charge on any atom is -0.479 e. The van der Waals surface area contributed by atoms with E-state index in [0.717, 1.165) is 12.1 Å². The maximum atomic E-state index is 12.9. The number of hydrogen-bond acceptors (Lipinski definition) is 3. The Balaban J connectivity index is 3.17. The number of carboxylic acids is 1. The molecule has 2 N–H and O–H groups in total. The number of Topliss-reactive ketones (excluding diaryl/α,β-unsaturated/α-hetero) is 1. The largest absolute Gasteiger partial charge is 0.479 e. The standard InChI is InChI=1S/C11H11FO4/c1-6(13)4-7-2-3-8(12)5-9(7)10(14)11(15)16/h2-3,5,10,14H,4H2,1H3,(H,15,16). The topological polar surface area (TPSA) is 74.6 Å². The zero-order valence-corrected chi connectivity index (χ0v) is 8.61. The van der Waals surface area contributed by atoms with Crippen molar-refractivity contribution in [2.45, 2.75) is 19.4 Å². The van der Waals surface area contributed by atoms with E-state index in [1.165, 1.54) is 13.0 Å². The highest BCUT2D eigenvalue weighted by Crippen LogP contribution is 2.20. The highest BCUT2D eigenvalue weighted by molar-refractivity contribution is 5.80. The molecule has 0 aliphatic carbocycles. The zero-order chi connectivity index (χ0) is 12.3. The molecule has 0 aliphatic heterocycles. The number of carbonyl (C=O) groups is 2. The van der Waals surface area contributed by atoms with Crippen LogP contribution in [0.15, 0.2) is 18.2 Å². The van der Waals surface area contributed by atoms with E-state index in [4.69, 9.17) is 5.11 Å². The number of carbonyl (C=O) groups excluding carboxylic acids is 1. The molecule has 0 bridgehead atoms. The molecule has 0 saturated carbocycles. The van der Waals surface area contributed by atoms with Gasteiger partial charge < -0.3 is 10.2 Å². The molecule has 0 fully saturated rings. The number of rotatable bonds is 4. The average molecular weight is 226 g/mol. The summed E-state index contributed by atoms with van der Waals surface area (Å²) in [6.45, 7) is 1.33. The second-order valence-electron chi connectivity index (χ2n) is 3.46. The lowest BCUT2D eigenvalue weighted by Gasteiger charge is -2.11. The SMILES string of the molecule is CC(=O)Cc1ccc(F)cc1C(O)C(=O)O. The summed E-state index contributed by atoms with van der Waals surface area (Å²) in [5.74, 6) is -2.32. The molecule has 0 saturated heterocycles. The summed E-state index contributed by atoms with van der Waals surface area (Å²) in [5, 5.41) is 18.0. The van der Waals surface area contributed by atoms with Crippen molar-refractivity contribution in [2.24, 2.45) is 0 Å². The molecule has 16 heavy (non-hydrogen) atoms. The summed E-state index contributed by atoms with van der Waals surface area (Å²) in [6, 6.07) is 3.35. The van der Waals surface area contributed by atoms with E-state index in [-0.39, 0.29) is 17.8 Å². The van der Waals surface area contributed by atoms with Crippen molar-refractivity contribution in [1.29, 1.82) is 0 Å². The Morgan fingerprint density at radius 2 is 2.06 bits per heavy atom. The molecule has 1 atom stereocenters. The number of aliphatic hydroxyl groups excluding tert-OH is 1. The van der Waals surface area contributed by atoms with Crippen molar-refractivity contribution in [1.82, 2.24) is 0 Å². The number of benzene rings is 1. The normalized spacial score (nSPS) is 12.2. The second kappa shape index (κ2) is 4.85. The molecule has 0 amide bonds. The molecule has 0 radical (unpaired) electrons. The van der Waals surface area contributed by atoms with Gasteiger partial charge in [-0.2, -0.15) is 0 Å². The Morgan fingerprint density at radius 3 is 2.56 bits per heavy atom. The summed E-state index contributed by atoms with van der Waals surface area (Å²) >= 11 is 0. The van der Waals surface area contributed by atoms with Crippen molar-refractivity contribution in [2.75, 3.05) is 0 Å². The van der Waals surface area contributed by atoms with Crippen LogP contribution in [-0.2, 0) is 16.0 Å². The number of aliphatic carboxylic acids is 1. The van der Waals surface area contributed by atoms with E-state index >= 15 is 0 Å². The molecule has 0 spiro atoms. The molecule has 86 valence electrons. The smallest absolute Gasteiger partial charge is 0.337 e. The van der Waals surface area contributed by atoms with Crippen molar-refractivity contribution in [3.05, 3.63) is 35.1 Å². The van der Waals surface area contributed by atoms with Crippen molar-refractivity contribution in [3.63, 3.8) is 0 Å². The van der Waals surface area contributed by atoms with Crippen LogP contribution < -0.4 is 0 Å². The Morgan fingerprint density at radius 1 is 1.44 bits per heavy atom. The summed E-state index contributed by atoms with van der Waals surface area (Å²) in [6.07, 6.45) is -1.84. The Kier molecular flexibility index (Phi) is 3.73. The Labute approximate surface area is 91.3 Å². The van der Waals surface area contributed by atoms with Crippen LogP contribution in [0.25, 0.3) is 0 Å². The molecule has 1 aromatic rings. The number of aliphatic hydroxyl groups is 1. The van der Waals surface area contributed by atoms with E-state index in [1.54, 1.807) is 0 Å². The first-order valence-corrected chi connectivity index (χ1v) is 4.60. The third-order valence-electron chi connectivity index (χ3n) is 2.08. The molecule has 1 rings (SSSR count). The van der Waals surface area contributed by atoms with E-state index < -0.39 is 17.9 Å². The first-order valence-electron chi connectivity index (χ1n) is 4.60. The first-order chi connectivity index (χ1) is 7.41. The van der Waals surface area contributed by atoms with Gasteiger partial charge in [-0.3, -0.25) is 4.79 Å². The highest BCUT2D eigenvalue weighted by Gasteiger charge is 2.20. The van der Waals surface area contributed by atoms with E-state index in [2.05, 4.69) is 0 Å². The van der Waals surface area contributed by atoms with Gasteiger partial charge in [0.05, 0.1) is 0 Å². The van der Waals surface area contributed by atoms with Crippen LogP contribution in [0.1, 0.15) is 24.2 Å². The maximum absolute atomic E-state index is 12.9.